The second-order valence-electron chi connectivity index (χ2n) is 13.8. The summed E-state index contributed by atoms with van der Waals surface area (Å²) in [5, 5.41) is -3.68. The lowest BCUT2D eigenvalue weighted by Gasteiger charge is -2.15. The molecule has 0 aliphatic rings. The van der Waals surface area contributed by atoms with Crippen LogP contribution in [0.3, 0.4) is 0 Å². The lowest BCUT2D eigenvalue weighted by atomic mass is 9.95. The molecule has 0 atom stereocenters. The van der Waals surface area contributed by atoms with Crippen molar-refractivity contribution in [3.8, 4) is 50.4 Å². The van der Waals surface area contributed by atoms with Crippen LogP contribution in [0.4, 0.5) is 0 Å². The summed E-state index contributed by atoms with van der Waals surface area (Å²) in [5.41, 5.74) is -10.5. The highest BCUT2D eigenvalue weighted by Gasteiger charge is 2.20. The van der Waals surface area contributed by atoms with E-state index in [4.69, 9.17) is 27.4 Å². The van der Waals surface area contributed by atoms with Crippen LogP contribution in [0.2, 0.25) is 0 Å². The van der Waals surface area contributed by atoms with Gasteiger partial charge in [0.25, 0.3) is 0 Å². The minimum absolute atomic E-state index is 0.450. The Morgan fingerprint density at radius 3 is 1.03 bits per heavy atom. The van der Waals surface area contributed by atoms with Gasteiger partial charge in [0, 0.05) is 49.4 Å². The van der Waals surface area contributed by atoms with Crippen LogP contribution in [0.1, 0.15) is 49.3 Å². The van der Waals surface area contributed by atoms with E-state index in [0.717, 1.165) is 27.3 Å². The zero-order valence-corrected chi connectivity index (χ0v) is 31.6. The quantitative estimate of drug-likeness (QED) is 0.158. The van der Waals surface area contributed by atoms with E-state index in [1.807, 2.05) is 0 Å². The van der Waals surface area contributed by atoms with Gasteiger partial charge in [-0.1, -0.05) is 163 Å². The monoisotopic (exact) mass is 838 g/mol. The Morgan fingerprint density at radius 2 is 0.556 bits per heavy atom. The fourth-order valence-corrected chi connectivity index (χ4v) is 7.76. The second-order valence-corrected chi connectivity index (χ2v) is 13.8. The lowest BCUT2D eigenvalue weighted by molar-refractivity contribution is 1.14. The minimum Gasteiger partial charge on any atom is -0.309 e. The molecule has 0 amide bonds. The van der Waals surface area contributed by atoms with Crippen molar-refractivity contribution in [3.05, 3.63) is 236 Å². The van der Waals surface area contributed by atoms with Gasteiger partial charge >= 0.3 is 0 Å². The molecule has 10 aromatic carbocycles. The van der Waals surface area contributed by atoms with E-state index in [9.17, 15) is 21.9 Å². The first-order chi connectivity index (χ1) is 46.2. The maximum Gasteiger partial charge on any atom is 0.0667 e. The van der Waals surface area contributed by atoms with Gasteiger partial charge in [-0.2, -0.15) is 0 Å². The molecule has 13 rings (SSSR count). The van der Waals surface area contributed by atoms with Crippen LogP contribution < -0.4 is 0 Å². The summed E-state index contributed by atoms with van der Waals surface area (Å²) in [7, 11) is 0. The van der Waals surface area contributed by atoms with Crippen molar-refractivity contribution in [3.63, 3.8) is 0 Å². The molecule has 3 nitrogen and oxygen atoms in total. The summed E-state index contributed by atoms with van der Waals surface area (Å²) in [6.45, 7) is 0. The van der Waals surface area contributed by atoms with Crippen LogP contribution in [0.25, 0.3) is 116 Å². The van der Waals surface area contributed by atoms with Gasteiger partial charge in [-0.25, -0.2) is 0 Å². The molecular formula is C60H39N3. The summed E-state index contributed by atoms with van der Waals surface area (Å²) < 4.78 is 332. The van der Waals surface area contributed by atoms with Crippen molar-refractivity contribution >= 4 is 65.4 Å². The third-order valence-electron chi connectivity index (χ3n) is 10.4. The summed E-state index contributed by atoms with van der Waals surface area (Å²) >= 11 is 0. The largest absolute Gasteiger partial charge is 0.309 e. The minimum atomic E-state index is -1.11. The Hall–Kier alpha value is -8.40. The molecule has 0 unspecified atom stereocenters. The predicted octanol–water partition coefficient (Wildman–Crippen LogP) is 16.0. The molecule has 0 saturated carbocycles. The fourth-order valence-electron chi connectivity index (χ4n) is 7.76. The Bertz CT molecular complexity index is 5920. The van der Waals surface area contributed by atoms with Crippen molar-refractivity contribution in [2.75, 3.05) is 0 Å². The second kappa shape index (κ2) is 14.1. The third-order valence-corrected chi connectivity index (χ3v) is 10.4. The summed E-state index contributed by atoms with van der Waals surface area (Å²) in [6.07, 6.45) is 0. The number of hydrogen-bond donors (Lipinski definition) is 0. The molecular weight excluding hydrogens is 763 g/mol. The maximum absolute atomic E-state index is 10.6. The van der Waals surface area contributed by atoms with Crippen molar-refractivity contribution < 1.29 is 49.3 Å². The van der Waals surface area contributed by atoms with E-state index in [0.29, 0.717) is 4.57 Å². The summed E-state index contributed by atoms with van der Waals surface area (Å²) in [4.78, 5) is 0. The number of fused-ring (bicyclic) bond motifs is 9. The highest BCUT2D eigenvalue weighted by molar-refractivity contribution is 6.13. The molecule has 0 fully saturated rings. The van der Waals surface area contributed by atoms with Crippen LogP contribution in [0.15, 0.2) is 236 Å². The van der Waals surface area contributed by atoms with Gasteiger partial charge in [0.05, 0.1) is 82.4 Å². The van der Waals surface area contributed by atoms with Crippen molar-refractivity contribution in [2.24, 2.45) is 0 Å². The molecule has 0 radical (unpaired) electrons. The number of hydrogen-bond acceptors (Lipinski definition) is 0. The van der Waals surface area contributed by atoms with E-state index < -0.39 is 333 Å². The zero-order valence-electron chi connectivity index (χ0n) is 67.6. The molecule has 3 heterocycles. The number of rotatable bonds is 6. The summed E-state index contributed by atoms with van der Waals surface area (Å²) in [5.74, 6) is 0. The Labute approximate surface area is 415 Å². The molecule has 0 saturated heterocycles. The van der Waals surface area contributed by atoms with Gasteiger partial charge < -0.3 is 13.7 Å². The highest BCUT2D eigenvalue weighted by Crippen LogP contribution is 2.41. The molecule has 63 heavy (non-hydrogen) atoms. The maximum atomic E-state index is 10.6. The predicted molar refractivity (Wildman–Crippen MR) is 266 cm³/mol. The molecule has 0 aliphatic heterocycles. The van der Waals surface area contributed by atoms with Gasteiger partial charge in [0.2, 0.25) is 0 Å². The van der Waals surface area contributed by atoms with E-state index in [-0.39, 0.29) is 0 Å². The van der Waals surface area contributed by atoms with Crippen LogP contribution in [-0.2, 0) is 0 Å². The van der Waals surface area contributed by atoms with Gasteiger partial charge in [0.1, 0.15) is 0 Å². The molecule has 13 aromatic rings. The number of nitrogens with zero attached hydrogens (tertiary/aromatic N) is 3. The first-order valence-corrected chi connectivity index (χ1v) is 18.7. The molecule has 294 valence electrons. The third kappa shape index (κ3) is 5.60. The Balaban J connectivity index is 1.27. The van der Waals surface area contributed by atoms with Crippen molar-refractivity contribution in [1.29, 1.82) is 0 Å². The number of aromatic nitrogens is 3. The van der Waals surface area contributed by atoms with Gasteiger partial charge in [0.15, 0.2) is 0 Å². The van der Waals surface area contributed by atoms with E-state index in [1.165, 1.54) is 0 Å². The average Bonchev–Trinajstić information content (AvgIpc) is 1.53. The molecule has 0 N–H and O–H groups in total. The smallest absolute Gasteiger partial charge is 0.0667 e. The van der Waals surface area contributed by atoms with E-state index >= 15 is 0 Å². The fraction of sp³-hybridized carbons (Fsp3) is 0. The topological polar surface area (TPSA) is 14.8 Å². The molecule has 0 aliphatic carbocycles. The Morgan fingerprint density at radius 1 is 0.222 bits per heavy atom. The Kier molecular flexibility index (Phi) is 3.33. The van der Waals surface area contributed by atoms with Crippen LogP contribution in [0.5, 0.6) is 0 Å². The van der Waals surface area contributed by atoms with Gasteiger partial charge in [-0.15, -0.1) is 0 Å². The van der Waals surface area contributed by atoms with Crippen molar-refractivity contribution in [2.45, 2.75) is 0 Å². The van der Waals surface area contributed by atoms with Gasteiger partial charge in [-0.05, 0) is 106 Å². The van der Waals surface area contributed by atoms with Crippen molar-refractivity contribution in [1.82, 2.24) is 13.7 Å². The first kappa shape index (κ1) is 14.9. The zero-order chi connectivity index (χ0) is 72.8. The van der Waals surface area contributed by atoms with E-state index in [2.05, 4.69) is 0 Å². The summed E-state index contributed by atoms with van der Waals surface area (Å²) in [6, 6.07) is -31.1. The molecule has 0 bridgehead atoms. The molecule has 3 aromatic heterocycles. The average molecular weight is 838 g/mol. The standard InChI is InChI=1S/C60H39N3/c1-3-16-40(17-4-1)42-20-15-21-43(34-42)45-35-44(41-18-5-2-6-19-41)36-48(37-45)63-58-29-14-10-25-52(58)54-33-31-47(39-60(54)63)62-57-28-13-9-24-51(57)53-32-30-46(38-59(53)62)61-55-26-11-7-22-49(55)50-23-8-12-27-56(50)61/h1-39H/i1D,2D,3D,4D,5D,6D,7D,8D,9D,10D,11D,12D,13D,14D,15D,16D,17D,18D,19D,20D,21D,22D,23D,24D,25D,26D,27D,28D,29D,30D,31D,32D,33D,34D,38D,39D. The van der Waals surface area contributed by atoms with Crippen LogP contribution in [-0.4, -0.2) is 13.7 Å². The molecule has 0 spiro atoms. The molecule has 3 heteroatoms. The SMILES string of the molecule is [2H]c1c([2H])c([2H])c(-c2cc(-c3c([2H])c([2H])c([2H])c(-c4c([2H])c([2H])c([2H])c([2H])c4[2H])c3[2H])cc(-n3c4c([2H])c([2H])c([2H])c([2H])c4c4c([2H])c([2H])c(-n5c6c([2H])c([2H])c([2H])c([2H])c6c6c([2H])c([2H])c(-n7c8c([2H])c([2H])c([2H])c([2H])c8c8c([2H])c([2H])c([2H])c([2H])c87)c([2H])c65)c([2H])c43)c2)c([2H])c1[2H]. The van der Waals surface area contributed by atoms with E-state index in [1.54, 1.807) is 0 Å². The number of benzene rings is 10. The lowest BCUT2D eigenvalue weighted by Crippen LogP contribution is -1.99. The van der Waals surface area contributed by atoms with Gasteiger partial charge in [-0.3, -0.25) is 0 Å². The normalized spacial score (nSPS) is 19.8. The number of para-hydroxylation sites is 4. The van der Waals surface area contributed by atoms with Crippen LogP contribution in [0, 0.1) is 0 Å². The van der Waals surface area contributed by atoms with Crippen LogP contribution >= 0.6 is 0 Å². The first-order valence-electron chi connectivity index (χ1n) is 36.7. The highest BCUT2D eigenvalue weighted by atomic mass is 15.0.